The molecule has 0 bridgehead atoms. The number of carbonyl (C=O) groups excluding carboxylic acids is 1. The van der Waals surface area contributed by atoms with Crippen molar-refractivity contribution in [1.82, 2.24) is 4.90 Å². The molecular weight excluding hydrogens is 304 g/mol. The number of likely N-dealkylation sites (tertiary alicyclic amines) is 1. The third-order valence-electron chi connectivity index (χ3n) is 4.13. The van der Waals surface area contributed by atoms with E-state index in [9.17, 15) is 13.6 Å². The number of halogens is 2. The average Bonchev–Trinajstić information content (AvgIpc) is 2.48. The maximum absolute atomic E-state index is 12.8. The Kier molecular flexibility index (Phi) is 5.80. The molecule has 6 heteroatoms. The van der Waals surface area contributed by atoms with Crippen molar-refractivity contribution in [2.45, 2.75) is 58.7 Å². The summed E-state index contributed by atoms with van der Waals surface area (Å²) in [6.07, 6.45) is 3.05. The Morgan fingerprint density at radius 2 is 1.91 bits per heavy atom. The normalized spacial score (nSPS) is 21.4. The first-order chi connectivity index (χ1) is 10.9. The first kappa shape index (κ1) is 17.5. The van der Waals surface area contributed by atoms with Crippen LogP contribution in [0.2, 0.25) is 0 Å². The van der Waals surface area contributed by atoms with Gasteiger partial charge in [0.1, 0.15) is 0 Å². The minimum Gasteiger partial charge on any atom is -0.490 e. The molecule has 2 rings (SSSR count). The van der Waals surface area contributed by atoms with Crippen molar-refractivity contribution < 1.29 is 23.0 Å². The van der Waals surface area contributed by atoms with Gasteiger partial charge in [-0.15, -0.1) is 0 Å². The second kappa shape index (κ2) is 7.62. The molecule has 1 heterocycles. The zero-order valence-corrected chi connectivity index (χ0v) is 13.7. The fourth-order valence-corrected chi connectivity index (χ4v) is 3.07. The summed E-state index contributed by atoms with van der Waals surface area (Å²) in [7, 11) is 0. The van der Waals surface area contributed by atoms with E-state index in [1.54, 1.807) is 6.92 Å². The van der Waals surface area contributed by atoms with E-state index in [4.69, 9.17) is 4.74 Å². The van der Waals surface area contributed by atoms with Gasteiger partial charge in [0.2, 0.25) is 0 Å². The zero-order chi connectivity index (χ0) is 17.0. The number of alkyl halides is 2. The van der Waals surface area contributed by atoms with Crippen LogP contribution < -0.4 is 9.47 Å². The molecule has 0 aliphatic carbocycles. The molecule has 1 aromatic rings. The van der Waals surface area contributed by atoms with E-state index in [1.807, 2.05) is 18.7 Å². The predicted molar refractivity (Wildman–Crippen MR) is 83.2 cm³/mol. The van der Waals surface area contributed by atoms with Crippen LogP contribution in [0.25, 0.3) is 0 Å². The number of hydrogen-bond donors (Lipinski definition) is 0. The van der Waals surface area contributed by atoms with Crippen molar-refractivity contribution in [3.63, 3.8) is 0 Å². The molecule has 0 saturated carbocycles. The van der Waals surface area contributed by atoms with E-state index >= 15 is 0 Å². The molecule has 0 spiro atoms. The number of ether oxygens (including phenoxy) is 2. The molecule has 1 aromatic carbocycles. The minimum absolute atomic E-state index is 0.0573. The zero-order valence-electron chi connectivity index (χ0n) is 13.7. The molecule has 1 amide bonds. The highest BCUT2D eigenvalue weighted by molar-refractivity contribution is 5.95. The van der Waals surface area contributed by atoms with Crippen molar-refractivity contribution in [1.29, 1.82) is 0 Å². The molecule has 1 fully saturated rings. The van der Waals surface area contributed by atoms with E-state index < -0.39 is 6.61 Å². The Morgan fingerprint density at radius 3 is 2.48 bits per heavy atom. The minimum atomic E-state index is -2.93. The van der Waals surface area contributed by atoms with Gasteiger partial charge in [-0.3, -0.25) is 4.79 Å². The second-order valence-corrected chi connectivity index (χ2v) is 5.81. The molecule has 1 aliphatic heterocycles. The number of benzene rings is 1. The van der Waals surface area contributed by atoms with Crippen molar-refractivity contribution in [3.8, 4) is 11.5 Å². The summed E-state index contributed by atoms with van der Waals surface area (Å²) in [5, 5.41) is 0. The van der Waals surface area contributed by atoms with Crippen LogP contribution in [0.1, 0.15) is 50.4 Å². The van der Waals surface area contributed by atoms with Crippen molar-refractivity contribution in [2.75, 3.05) is 6.61 Å². The standard InChI is InChI=1S/C17H23F2NO3/c1-4-22-15-10-13(8-9-14(15)23-17(18)19)16(21)20-11(2)6-5-7-12(20)3/h8-12,17H,4-7H2,1-3H3/t11-,12-/m0/s1. The Labute approximate surface area is 135 Å². The van der Waals surface area contributed by atoms with Crippen LogP contribution in [0.3, 0.4) is 0 Å². The van der Waals surface area contributed by atoms with Gasteiger partial charge in [-0.2, -0.15) is 8.78 Å². The van der Waals surface area contributed by atoms with E-state index in [1.165, 1.54) is 18.2 Å². The summed E-state index contributed by atoms with van der Waals surface area (Å²) in [5.41, 5.74) is 0.427. The van der Waals surface area contributed by atoms with Gasteiger partial charge in [0.25, 0.3) is 5.91 Å². The third-order valence-corrected chi connectivity index (χ3v) is 4.13. The van der Waals surface area contributed by atoms with Gasteiger partial charge >= 0.3 is 6.61 Å². The highest BCUT2D eigenvalue weighted by Gasteiger charge is 2.30. The largest absolute Gasteiger partial charge is 0.490 e. The van der Waals surface area contributed by atoms with Gasteiger partial charge in [-0.25, -0.2) is 0 Å². The third kappa shape index (κ3) is 4.12. The van der Waals surface area contributed by atoms with Crippen molar-refractivity contribution in [3.05, 3.63) is 23.8 Å². The van der Waals surface area contributed by atoms with Crippen LogP contribution in [-0.2, 0) is 0 Å². The van der Waals surface area contributed by atoms with Gasteiger partial charge in [0, 0.05) is 17.6 Å². The number of carbonyl (C=O) groups is 1. The lowest BCUT2D eigenvalue weighted by Gasteiger charge is -2.39. The van der Waals surface area contributed by atoms with Crippen molar-refractivity contribution >= 4 is 5.91 Å². The SMILES string of the molecule is CCOc1cc(C(=O)N2[C@@H](C)CCC[C@@H]2C)ccc1OC(F)F. The molecule has 128 valence electrons. The summed E-state index contributed by atoms with van der Waals surface area (Å²) < 4.78 is 34.7. The maximum atomic E-state index is 12.8. The van der Waals surface area contributed by atoms with E-state index in [-0.39, 0.29) is 29.5 Å². The van der Waals surface area contributed by atoms with Crippen molar-refractivity contribution in [2.24, 2.45) is 0 Å². The second-order valence-electron chi connectivity index (χ2n) is 5.81. The fraction of sp³-hybridized carbons (Fsp3) is 0.588. The lowest BCUT2D eigenvalue weighted by molar-refractivity contribution is -0.0514. The molecule has 4 nitrogen and oxygen atoms in total. The van der Waals surface area contributed by atoms with Crippen LogP contribution in [-0.4, -0.2) is 36.1 Å². The summed E-state index contributed by atoms with van der Waals surface area (Å²) in [6.45, 7) is 3.18. The molecule has 0 unspecified atom stereocenters. The van der Waals surface area contributed by atoms with Crippen LogP contribution >= 0.6 is 0 Å². The molecule has 2 atom stereocenters. The Bertz CT molecular complexity index is 541. The number of rotatable bonds is 5. The van der Waals surface area contributed by atoms with Gasteiger partial charge in [0.15, 0.2) is 11.5 Å². The Balaban J connectivity index is 2.27. The first-order valence-electron chi connectivity index (χ1n) is 7.98. The summed E-state index contributed by atoms with van der Waals surface area (Å²) in [4.78, 5) is 14.7. The average molecular weight is 327 g/mol. The molecule has 1 aliphatic rings. The molecule has 23 heavy (non-hydrogen) atoms. The Morgan fingerprint density at radius 1 is 1.26 bits per heavy atom. The molecule has 0 aromatic heterocycles. The molecular formula is C17H23F2NO3. The van der Waals surface area contributed by atoms with E-state index in [0.717, 1.165) is 19.3 Å². The lowest BCUT2D eigenvalue weighted by atomic mass is 9.96. The monoisotopic (exact) mass is 327 g/mol. The topological polar surface area (TPSA) is 38.8 Å². The van der Waals surface area contributed by atoms with Crippen LogP contribution in [0, 0.1) is 0 Å². The van der Waals surface area contributed by atoms with Gasteiger partial charge < -0.3 is 14.4 Å². The van der Waals surface area contributed by atoms with Crippen LogP contribution in [0.15, 0.2) is 18.2 Å². The Hall–Kier alpha value is -1.85. The number of amides is 1. The lowest BCUT2D eigenvalue weighted by Crippen LogP contribution is -2.47. The maximum Gasteiger partial charge on any atom is 0.387 e. The summed E-state index contributed by atoms with van der Waals surface area (Å²) in [5.74, 6) is 0.00311. The summed E-state index contributed by atoms with van der Waals surface area (Å²) >= 11 is 0. The van der Waals surface area contributed by atoms with Gasteiger partial charge in [-0.05, 0) is 58.2 Å². The quantitative estimate of drug-likeness (QED) is 0.817. The molecule has 1 saturated heterocycles. The molecule has 0 radical (unpaired) electrons. The smallest absolute Gasteiger partial charge is 0.387 e. The van der Waals surface area contributed by atoms with Gasteiger partial charge in [-0.1, -0.05) is 0 Å². The number of nitrogens with zero attached hydrogens (tertiary/aromatic N) is 1. The first-order valence-corrected chi connectivity index (χ1v) is 7.98. The van der Waals surface area contributed by atoms with Crippen LogP contribution in [0.4, 0.5) is 8.78 Å². The number of piperidine rings is 1. The summed E-state index contributed by atoms with van der Waals surface area (Å²) in [6, 6.07) is 4.69. The van der Waals surface area contributed by atoms with E-state index in [0.29, 0.717) is 12.2 Å². The van der Waals surface area contributed by atoms with E-state index in [2.05, 4.69) is 4.74 Å². The number of hydrogen-bond acceptors (Lipinski definition) is 3. The van der Waals surface area contributed by atoms with Crippen LogP contribution in [0.5, 0.6) is 11.5 Å². The van der Waals surface area contributed by atoms with Gasteiger partial charge in [0.05, 0.1) is 6.61 Å². The predicted octanol–water partition coefficient (Wildman–Crippen LogP) is 4.09. The highest BCUT2D eigenvalue weighted by Crippen LogP contribution is 2.32. The highest BCUT2D eigenvalue weighted by atomic mass is 19.3. The molecule has 0 N–H and O–H groups in total. The fourth-order valence-electron chi connectivity index (χ4n) is 3.07.